The van der Waals surface area contributed by atoms with Crippen LogP contribution in [0.4, 0.5) is 0 Å². The predicted octanol–water partition coefficient (Wildman–Crippen LogP) is 5.71. The van der Waals surface area contributed by atoms with E-state index in [9.17, 15) is 14.7 Å². The monoisotopic (exact) mass is 622 g/mol. The SMILES string of the molecule is C=C1C[C@H]2[C@@H]3C[C@H](Br)[C@]4(Br)C[C@@H](OC(C)=O)CC[C@]4(C)[C@H]3CC[C@]2(C)[C@@]1(O)C(=O)CBr. The van der Waals surface area contributed by atoms with Gasteiger partial charge in [0, 0.05) is 27.9 Å². The van der Waals surface area contributed by atoms with Gasteiger partial charge in [0.05, 0.1) is 5.33 Å². The van der Waals surface area contributed by atoms with Crippen LogP contribution in [0.5, 0.6) is 0 Å². The van der Waals surface area contributed by atoms with Crippen molar-refractivity contribution in [2.75, 3.05) is 5.33 Å². The number of aliphatic hydroxyl groups is 1. The summed E-state index contributed by atoms with van der Waals surface area (Å²) in [6.45, 7) is 10.2. The average Bonchev–Trinajstić information content (AvgIpc) is 2.91. The number of halogens is 3. The number of ether oxygens (including phenoxy) is 1. The molecule has 0 saturated heterocycles. The highest BCUT2D eigenvalue weighted by Crippen LogP contribution is 2.72. The van der Waals surface area contributed by atoms with Crippen molar-refractivity contribution < 1.29 is 19.4 Å². The summed E-state index contributed by atoms with van der Waals surface area (Å²) >= 11 is 11.5. The van der Waals surface area contributed by atoms with Crippen LogP contribution < -0.4 is 0 Å². The number of carbonyl (C=O) groups is 2. The summed E-state index contributed by atoms with van der Waals surface area (Å²) in [5.74, 6) is 0.782. The van der Waals surface area contributed by atoms with E-state index in [0.29, 0.717) is 23.8 Å². The van der Waals surface area contributed by atoms with Crippen LogP contribution in [0.1, 0.15) is 65.7 Å². The minimum Gasteiger partial charge on any atom is -0.463 e. The van der Waals surface area contributed by atoms with Crippen molar-refractivity contribution in [1.82, 2.24) is 0 Å². The molecular formula is C24H33Br3O4. The van der Waals surface area contributed by atoms with Gasteiger partial charge in [-0.1, -0.05) is 68.2 Å². The first-order valence-corrected chi connectivity index (χ1v) is 14.2. The van der Waals surface area contributed by atoms with Gasteiger partial charge in [-0.25, -0.2) is 0 Å². The molecule has 0 aromatic carbocycles. The summed E-state index contributed by atoms with van der Waals surface area (Å²) in [5.41, 5.74) is -1.18. The van der Waals surface area contributed by atoms with E-state index in [1.165, 1.54) is 6.92 Å². The maximum atomic E-state index is 12.9. The zero-order valence-electron chi connectivity index (χ0n) is 18.6. The Balaban J connectivity index is 1.68. The van der Waals surface area contributed by atoms with Crippen LogP contribution in [0.25, 0.3) is 0 Å². The zero-order valence-corrected chi connectivity index (χ0v) is 23.3. The summed E-state index contributed by atoms with van der Waals surface area (Å²) in [7, 11) is 0. The van der Waals surface area contributed by atoms with E-state index in [1.807, 2.05) is 0 Å². The number of esters is 1. The summed E-state index contributed by atoms with van der Waals surface area (Å²) in [6.07, 6.45) is 6.14. The third kappa shape index (κ3) is 3.18. The van der Waals surface area contributed by atoms with Crippen LogP contribution in [-0.4, -0.2) is 43.0 Å². The zero-order chi connectivity index (χ0) is 23.0. The van der Waals surface area contributed by atoms with Gasteiger partial charge >= 0.3 is 5.97 Å². The quantitative estimate of drug-likeness (QED) is 0.248. The van der Waals surface area contributed by atoms with Crippen LogP contribution in [0.2, 0.25) is 0 Å². The fourth-order valence-corrected chi connectivity index (χ4v) is 10.6. The Morgan fingerprint density at radius 2 is 1.84 bits per heavy atom. The molecule has 7 heteroatoms. The van der Waals surface area contributed by atoms with E-state index in [1.54, 1.807) is 0 Å². The number of Topliss-reactive ketones (excluding diaryl/α,β-unsaturated/α-hetero) is 1. The predicted molar refractivity (Wildman–Crippen MR) is 132 cm³/mol. The fourth-order valence-electron chi connectivity index (χ4n) is 8.06. The van der Waals surface area contributed by atoms with Crippen molar-refractivity contribution in [3.63, 3.8) is 0 Å². The molecule has 4 fully saturated rings. The summed E-state index contributed by atoms with van der Waals surface area (Å²) in [6, 6.07) is 0. The third-order valence-corrected chi connectivity index (χ3v) is 13.8. The molecule has 0 unspecified atom stereocenters. The Hall–Kier alpha value is 0.280. The number of rotatable bonds is 3. The molecule has 0 heterocycles. The highest BCUT2D eigenvalue weighted by atomic mass is 79.9. The minimum atomic E-state index is -1.44. The highest BCUT2D eigenvalue weighted by Gasteiger charge is 2.71. The number of ketones is 1. The molecule has 0 aromatic heterocycles. The molecule has 4 aliphatic rings. The van der Waals surface area contributed by atoms with Gasteiger partial charge in [0.1, 0.15) is 11.7 Å². The van der Waals surface area contributed by atoms with Crippen molar-refractivity contribution in [1.29, 1.82) is 0 Å². The van der Waals surface area contributed by atoms with Crippen LogP contribution >= 0.6 is 47.8 Å². The van der Waals surface area contributed by atoms with Gasteiger partial charge in [-0.2, -0.15) is 0 Å². The maximum absolute atomic E-state index is 12.9. The Kier molecular flexibility index (Phi) is 6.23. The fraction of sp³-hybridized carbons (Fsp3) is 0.833. The Bertz CT molecular complexity index is 817. The Morgan fingerprint density at radius 3 is 2.45 bits per heavy atom. The molecule has 4 aliphatic carbocycles. The Morgan fingerprint density at radius 1 is 1.19 bits per heavy atom. The molecule has 0 amide bonds. The van der Waals surface area contributed by atoms with Crippen molar-refractivity contribution in [3.05, 3.63) is 12.2 Å². The first-order chi connectivity index (χ1) is 14.3. The maximum Gasteiger partial charge on any atom is 0.302 e. The number of fused-ring (bicyclic) bond motifs is 5. The summed E-state index contributed by atoms with van der Waals surface area (Å²) < 4.78 is 5.48. The molecule has 4 saturated carbocycles. The van der Waals surface area contributed by atoms with Crippen LogP contribution in [0.15, 0.2) is 12.2 Å². The molecule has 174 valence electrons. The number of alkyl halides is 3. The second-order valence-corrected chi connectivity index (χ2v) is 13.9. The standard InChI is InChI=1S/C24H33Br3O4/c1-13-9-18-16-10-19(26)23(27)11-15(31-14(2)28)5-7-21(23,3)17(16)6-8-22(18,4)24(13,30)20(29)12-25/h15-19,30H,1,5-12H2,2-4H3/t15-,16+,17-,18-,19-,21+,22-,23+,24-/m0/s1. The van der Waals surface area contributed by atoms with Gasteiger partial charge < -0.3 is 9.84 Å². The van der Waals surface area contributed by atoms with Crippen molar-refractivity contribution in [2.24, 2.45) is 28.6 Å². The lowest BCUT2D eigenvalue weighted by atomic mass is 9.44. The van der Waals surface area contributed by atoms with E-state index < -0.39 is 11.0 Å². The van der Waals surface area contributed by atoms with Crippen LogP contribution in [0, 0.1) is 28.6 Å². The summed E-state index contributed by atoms with van der Waals surface area (Å²) in [4.78, 5) is 24.7. The second-order valence-electron chi connectivity index (χ2n) is 10.9. The van der Waals surface area contributed by atoms with Crippen LogP contribution in [-0.2, 0) is 14.3 Å². The second kappa shape index (κ2) is 7.91. The lowest BCUT2D eigenvalue weighted by Crippen LogP contribution is -2.66. The molecule has 9 atom stereocenters. The lowest BCUT2D eigenvalue weighted by molar-refractivity contribution is -0.166. The molecule has 0 aromatic rings. The molecule has 1 N–H and O–H groups in total. The van der Waals surface area contributed by atoms with Crippen molar-refractivity contribution >= 4 is 59.5 Å². The largest absolute Gasteiger partial charge is 0.463 e. The Labute approximate surface area is 210 Å². The normalized spacial score (nSPS) is 51.5. The number of hydrogen-bond acceptors (Lipinski definition) is 4. The van der Waals surface area contributed by atoms with Gasteiger partial charge in [0.15, 0.2) is 5.78 Å². The van der Waals surface area contributed by atoms with Gasteiger partial charge in [-0.05, 0) is 67.3 Å². The van der Waals surface area contributed by atoms with Crippen molar-refractivity contribution in [3.8, 4) is 0 Å². The van der Waals surface area contributed by atoms with Gasteiger partial charge in [0.25, 0.3) is 0 Å². The molecule has 31 heavy (non-hydrogen) atoms. The van der Waals surface area contributed by atoms with E-state index in [0.717, 1.165) is 38.5 Å². The smallest absolute Gasteiger partial charge is 0.302 e. The van der Waals surface area contributed by atoms with E-state index in [4.69, 9.17) is 4.74 Å². The van der Waals surface area contributed by atoms with E-state index in [-0.39, 0.29) is 43.7 Å². The molecule has 0 aliphatic heterocycles. The number of carbonyl (C=O) groups excluding carboxylic acids is 2. The van der Waals surface area contributed by atoms with Gasteiger partial charge in [0.2, 0.25) is 0 Å². The van der Waals surface area contributed by atoms with E-state index in [2.05, 4.69) is 68.2 Å². The summed E-state index contributed by atoms with van der Waals surface area (Å²) in [5, 5.41) is 11.8. The molecule has 0 radical (unpaired) electrons. The minimum absolute atomic E-state index is 0.0452. The topological polar surface area (TPSA) is 63.6 Å². The number of hydrogen-bond donors (Lipinski definition) is 1. The van der Waals surface area contributed by atoms with Crippen LogP contribution in [0.3, 0.4) is 0 Å². The molecule has 4 rings (SSSR count). The first-order valence-electron chi connectivity index (χ1n) is 11.3. The lowest BCUT2D eigenvalue weighted by Gasteiger charge is -2.65. The molecule has 4 nitrogen and oxygen atoms in total. The van der Waals surface area contributed by atoms with E-state index >= 15 is 0 Å². The van der Waals surface area contributed by atoms with Gasteiger partial charge in [-0.15, -0.1) is 0 Å². The molecular weight excluding hydrogens is 592 g/mol. The highest BCUT2D eigenvalue weighted by molar-refractivity contribution is 9.12. The van der Waals surface area contributed by atoms with Crippen molar-refractivity contribution in [2.45, 2.75) is 86.6 Å². The molecule has 0 spiro atoms. The third-order valence-electron chi connectivity index (χ3n) is 9.74. The average molecular weight is 625 g/mol. The van der Waals surface area contributed by atoms with Gasteiger partial charge in [-0.3, -0.25) is 9.59 Å². The first kappa shape index (κ1) is 24.4. The molecule has 0 bridgehead atoms.